The van der Waals surface area contributed by atoms with Gasteiger partial charge in [-0.3, -0.25) is 0 Å². The van der Waals surface area contributed by atoms with Gasteiger partial charge in [0, 0.05) is 12.8 Å². The van der Waals surface area contributed by atoms with Crippen LogP contribution >= 0.6 is 0 Å². The average molecular weight is 367 g/mol. The normalized spacial score (nSPS) is 13.5. The second-order valence-electron chi connectivity index (χ2n) is 7.67. The second-order valence-corrected chi connectivity index (χ2v) is 7.67. The molecule has 0 unspecified atom stereocenters. The zero-order chi connectivity index (χ0) is 19.7. The number of carbonyl (C=O) groups excluding carboxylic acids is 2. The molecule has 0 aliphatic rings. The van der Waals surface area contributed by atoms with E-state index in [1.807, 2.05) is 52.0 Å². The van der Waals surface area contributed by atoms with Crippen molar-refractivity contribution in [2.45, 2.75) is 52.6 Å². The van der Waals surface area contributed by atoms with Crippen LogP contribution in [-0.2, 0) is 31.9 Å². The van der Waals surface area contributed by atoms with Crippen molar-refractivity contribution in [2.75, 3.05) is 13.2 Å². The first-order valence-electron chi connectivity index (χ1n) is 9.26. The molecule has 1 aromatic carbocycles. The van der Waals surface area contributed by atoms with Crippen molar-refractivity contribution in [1.29, 1.82) is 0 Å². The zero-order valence-electron chi connectivity index (χ0n) is 16.5. The molecule has 146 valence electrons. The molecule has 0 spiro atoms. The molecule has 6 heteroatoms. The number of hydrogen-bond donors (Lipinski definition) is 2. The molecule has 1 aromatic rings. The van der Waals surface area contributed by atoms with Crippen molar-refractivity contribution in [3.63, 3.8) is 0 Å². The Morgan fingerprint density at radius 3 is 1.35 bits per heavy atom. The lowest BCUT2D eigenvalue weighted by atomic mass is 10.0. The van der Waals surface area contributed by atoms with Crippen LogP contribution < -0.4 is 11.5 Å². The third-order valence-corrected chi connectivity index (χ3v) is 3.77. The van der Waals surface area contributed by atoms with Crippen molar-refractivity contribution in [1.82, 2.24) is 0 Å². The van der Waals surface area contributed by atoms with Gasteiger partial charge in [-0.25, -0.2) is 9.59 Å². The zero-order valence-corrected chi connectivity index (χ0v) is 16.5. The number of hydrogen-bond acceptors (Lipinski definition) is 4. The predicted molar refractivity (Wildman–Crippen MR) is 98.8 cm³/mol. The topological polar surface area (TPSA) is 108 Å². The summed E-state index contributed by atoms with van der Waals surface area (Å²) in [5.41, 5.74) is 9.81. The molecular formula is C20H34N2O4+2. The van der Waals surface area contributed by atoms with Gasteiger partial charge < -0.3 is 20.9 Å². The molecule has 0 saturated carbocycles. The Balaban J connectivity index is 2.50. The Morgan fingerprint density at radius 2 is 1.08 bits per heavy atom. The van der Waals surface area contributed by atoms with Gasteiger partial charge in [0.1, 0.15) is 0 Å². The largest absolute Gasteiger partial charge is 0.461 e. The minimum Gasteiger partial charge on any atom is -0.461 e. The molecule has 0 radical (unpaired) electrons. The highest BCUT2D eigenvalue weighted by Gasteiger charge is 2.21. The van der Waals surface area contributed by atoms with E-state index in [0.717, 1.165) is 11.1 Å². The molecule has 0 aliphatic carbocycles. The highest BCUT2D eigenvalue weighted by molar-refractivity contribution is 5.74. The molecule has 0 aliphatic heterocycles. The van der Waals surface area contributed by atoms with E-state index < -0.39 is 12.1 Å². The maximum atomic E-state index is 11.9. The van der Waals surface area contributed by atoms with Crippen LogP contribution in [0, 0.1) is 11.8 Å². The molecule has 26 heavy (non-hydrogen) atoms. The lowest BCUT2D eigenvalue weighted by molar-refractivity contribution is -0.408. The number of carbonyl (C=O) groups is 2. The van der Waals surface area contributed by atoms with E-state index in [4.69, 9.17) is 9.47 Å². The summed E-state index contributed by atoms with van der Waals surface area (Å²) in [5.74, 6) is 0.0866. The Labute approximate surface area is 156 Å². The van der Waals surface area contributed by atoms with Crippen LogP contribution in [0.15, 0.2) is 24.3 Å². The van der Waals surface area contributed by atoms with E-state index in [-0.39, 0.29) is 11.9 Å². The van der Waals surface area contributed by atoms with Crippen molar-refractivity contribution in [3.8, 4) is 0 Å². The third kappa shape index (κ3) is 8.45. The third-order valence-electron chi connectivity index (χ3n) is 3.77. The molecule has 6 nitrogen and oxygen atoms in total. The minimum absolute atomic E-state index is 0.270. The lowest BCUT2D eigenvalue weighted by Crippen LogP contribution is -2.66. The summed E-state index contributed by atoms with van der Waals surface area (Å²) in [4.78, 5) is 23.8. The predicted octanol–water partition coefficient (Wildman–Crippen LogP) is 0.391. The monoisotopic (exact) mass is 366 g/mol. The summed E-state index contributed by atoms with van der Waals surface area (Å²) in [5, 5.41) is 0. The lowest BCUT2D eigenvalue weighted by Gasteiger charge is -2.12. The van der Waals surface area contributed by atoms with Gasteiger partial charge in [-0.2, -0.15) is 0 Å². The van der Waals surface area contributed by atoms with Gasteiger partial charge in [-0.1, -0.05) is 52.0 Å². The van der Waals surface area contributed by atoms with Crippen molar-refractivity contribution in [2.24, 2.45) is 11.8 Å². The molecule has 0 aromatic heterocycles. The summed E-state index contributed by atoms with van der Waals surface area (Å²) in [6.45, 7) is 8.83. The van der Waals surface area contributed by atoms with E-state index in [1.165, 1.54) is 0 Å². The molecule has 0 amide bonds. The Kier molecular flexibility index (Phi) is 9.30. The summed E-state index contributed by atoms with van der Waals surface area (Å²) >= 11 is 0. The van der Waals surface area contributed by atoms with Crippen LogP contribution in [0.1, 0.15) is 38.8 Å². The first kappa shape index (κ1) is 22.1. The van der Waals surface area contributed by atoms with Gasteiger partial charge >= 0.3 is 11.9 Å². The molecule has 0 bridgehead atoms. The van der Waals surface area contributed by atoms with E-state index >= 15 is 0 Å². The smallest absolute Gasteiger partial charge is 0.365 e. The van der Waals surface area contributed by atoms with Gasteiger partial charge in [-0.05, 0) is 23.0 Å². The van der Waals surface area contributed by atoms with Crippen LogP contribution in [0.4, 0.5) is 0 Å². The maximum Gasteiger partial charge on any atom is 0.365 e. The fraction of sp³-hybridized carbons (Fsp3) is 0.600. The van der Waals surface area contributed by atoms with Gasteiger partial charge in [0.05, 0.1) is 13.2 Å². The molecular weight excluding hydrogens is 332 g/mol. The number of benzene rings is 1. The van der Waals surface area contributed by atoms with E-state index in [9.17, 15) is 9.59 Å². The SMILES string of the molecule is CC(C)COC(=O)[C@H]([NH3+])Cc1ccc(C[C@@H]([NH3+])C(=O)OCC(C)C)cc1. The van der Waals surface area contributed by atoms with Gasteiger partial charge in [0.2, 0.25) is 0 Å². The van der Waals surface area contributed by atoms with E-state index in [1.54, 1.807) is 0 Å². The van der Waals surface area contributed by atoms with E-state index in [0.29, 0.717) is 37.9 Å². The van der Waals surface area contributed by atoms with Crippen molar-refractivity contribution < 1.29 is 30.5 Å². The molecule has 0 heterocycles. The number of ether oxygens (including phenoxy) is 2. The highest BCUT2D eigenvalue weighted by Crippen LogP contribution is 2.09. The maximum absolute atomic E-state index is 11.9. The second kappa shape index (κ2) is 10.9. The van der Waals surface area contributed by atoms with Crippen LogP contribution in [0.5, 0.6) is 0 Å². The molecule has 2 atom stereocenters. The minimum atomic E-state index is -0.425. The fourth-order valence-electron chi connectivity index (χ4n) is 2.28. The van der Waals surface area contributed by atoms with Crippen LogP contribution in [0.25, 0.3) is 0 Å². The summed E-state index contributed by atoms with van der Waals surface area (Å²) in [7, 11) is 0. The van der Waals surface area contributed by atoms with Gasteiger partial charge in [0.25, 0.3) is 0 Å². The highest BCUT2D eigenvalue weighted by atomic mass is 16.5. The molecule has 6 N–H and O–H groups in total. The Bertz CT molecular complexity index is 519. The molecule has 0 saturated heterocycles. The summed E-state index contributed by atoms with van der Waals surface area (Å²) < 4.78 is 10.4. The molecule has 1 rings (SSSR count). The van der Waals surface area contributed by atoms with Crippen LogP contribution in [0.3, 0.4) is 0 Å². The Morgan fingerprint density at radius 1 is 0.769 bits per heavy atom. The number of quaternary nitrogens is 2. The van der Waals surface area contributed by atoms with Crippen molar-refractivity contribution >= 4 is 11.9 Å². The average Bonchev–Trinajstić information content (AvgIpc) is 2.58. The number of esters is 2. The quantitative estimate of drug-likeness (QED) is 0.584. The number of rotatable bonds is 10. The first-order valence-corrected chi connectivity index (χ1v) is 9.26. The first-order chi connectivity index (χ1) is 12.2. The van der Waals surface area contributed by atoms with E-state index in [2.05, 4.69) is 11.5 Å². The van der Waals surface area contributed by atoms with Crippen LogP contribution in [-0.4, -0.2) is 37.2 Å². The van der Waals surface area contributed by atoms with Gasteiger partial charge in [-0.15, -0.1) is 0 Å². The van der Waals surface area contributed by atoms with Crippen LogP contribution in [0.2, 0.25) is 0 Å². The fourth-order valence-corrected chi connectivity index (χ4v) is 2.28. The summed E-state index contributed by atoms with van der Waals surface area (Å²) in [6.07, 6.45) is 1.06. The summed E-state index contributed by atoms with van der Waals surface area (Å²) in [6, 6.07) is 6.97. The standard InChI is InChI=1S/C20H32N2O4/c1-13(2)11-25-19(23)17(21)9-15-5-7-16(8-6-15)10-18(22)20(24)26-12-14(3)4/h5-8,13-14,17-18H,9-12,21-22H2,1-4H3/p+2/t17-,18-/m1/s1. The molecule has 0 fully saturated rings. The van der Waals surface area contributed by atoms with Crippen molar-refractivity contribution in [3.05, 3.63) is 35.4 Å². The van der Waals surface area contributed by atoms with Gasteiger partial charge in [0.15, 0.2) is 12.1 Å². The Hall–Kier alpha value is -1.92.